The summed E-state index contributed by atoms with van der Waals surface area (Å²) in [5.74, 6) is -0.559. The predicted octanol–water partition coefficient (Wildman–Crippen LogP) is 0.902. The highest BCUT2D eigenvalue weighted by molar-refractivity contribution is 9.10. The van der Waals surface area contributed by atoms with Crippen LogP contribution in [0.25, 0.3) is 0 Å². The number of hydrogen-bond donors (Lipinski definition) is 0. The molecule has 58 valence electrons. The van der Waals surface area contributed by atoms with E-state index in [1.807, 2.05) is 0 Å². The van der Waals surface area contributed by atoms with Crippen molar-refractivity contribution in [3.63, 3.8) is 0 Å². The van der Waals surface area contributed by atoms with E-state index in [2.05, 4.69) is 20.7 Å². The topological polar surface area (TPSA) is 43.4 Å². The Kier molecular flexibility index (Phi) is 4.27. The first-order valence-corrected chi connectivity index (χ1v) is 3.75. The van der Waals surface area contributed by atoms with Gasteiger partial charge in [0.1, 0.15) is 11.4 Å². The standard InChI is InChI=1S/C6H9BrO3/c1-4(8)3-10-6(9)5(2)7/h5H,3H2,1-2H3. The number of rotatable bonds is 3. The monoisotopic (exact) mass is 208 g/mol. The molecule has 0 radical (unpaired) electrons. The van der Waals surface area contributed by atoms with Crippen molar-refractivity contribution in [2.75, 3.05) is 6.61 Å². The van der Waals surface area contributed by atoms with Crippen LogP contribution in [0.15, 0.2) is 0 Å². The first-order valence-electron chi connectivity index (χ1n) is 2.84. The van der Waals surface area contributed by atoms with Gasteiger partial charge in [0, 0.05) is 0 Å². The van der Waals surface area contributed by atoms with Crippen LogP contribution in [0, 0.1) is 0 Å². The van der Waals surface area contributed by atoms with Gasteiger partial charge in [-0.05, 0) is 13.8 Å². The first kappa shape index (κ1) is 9.62. The fourth-order valence-corrected chi connectivity index (χ4v) is 0.420. The molecule has 0 rings (SSSR count). The van der Waals surface area contributed by atoms with Gasteiger partial charge in [-0.3, -0.25) is 9.59 Å². The van der Waals surface area contributed by atoms with E-state index in [0.29, 0.717) is 0 Å². The van der Waals surface area contributed by atoms with Crippen molar-refractivity contribution in [2.24, 2.45) is 0 Å². The fraction of sp³-hybridized carbons (Fsp3) is 0.667. The van der Waals surface area contributed by atoms with Crippen LogP contribution >= 0.6 is 15.9 Å². The summed E-state index contributed by atoms with van der Waals surface area (Å²) < 4.78 is 4.53. The van der Waals surface area contributed by atoms with Gasteiger partial charge in [0.2, 0.25) is 0 Å². The molecule has 0 saturated carbocycles. The van der Waals surface area contributed by atoms with Crippen molar-refractivity contribution in [1.82, 2.24) is 0 Å². The number of carbonyl (C=O) groups excluding carboxylic acids is 2. The summed E-state index contributed by atoms with van der Waals surface area (Å²) in [7, 11) is 0. The maximum Gasteiger partial charge on any atom is 0.319 e. The highest BCUT2D eigenvalue weighted by Gasteiger charge is 2.09. The van der Waals surface area contributed by atoms with Gasteiger partial charge in [-0.1, -0.05) is 15.9 Å². The van der Waals surface area contributed by atoms with Gasteiger partial charge in [0.15, 0.2) is 5.78 Å². The molecule has 0 amide bonds. The molecule has 1 atom stereocenters. The average Bonchev–Trinajstić information content (AvgIpc) is 1.82. The van der Waals surface area contributed by atoms with Crippen molar-refractivity contribution in [3.8, 4) is 0 Å². The molecule has 3 nitrogen and oxygen atoms in total. The van der Waals surface area contributed by atoms with Crippen LogP contribution < -0.4 is 0 Å². The Balaban J connectivity index is 3.50. The summed E-state index contributed by atoms with van der Waals surface area (Å²) in [5.41, 5.74) is 0. The third-order valence-electron chi connectivity index (χ3n) is 0.742. The number of halogens is 1. The van der Waals surface area contributed by atoms with Crippen molar-refractivity contribution >= 4 is 27.7 Å². The molecule has 0 N–H and O–H groups in total. The van der Waals surface area contributed by atoms with Crippen molar-refractivity contribution in [1.29, 1.82) is 0 Å². The van der Waals surface area contributed by atoms with Crippen LogP contribution in [0.2, 0.25) is 0 Å². The second-order valence-electron chi connectivity index (χ2n) is 1.93. The molecular formula is C6H9BrO3. The number of alkyl halides is 1. The number of Topliss-reactive ketones (excluding diaryl/α,β-unsaturated/α-hetero) is 1. The second-order valence-corrected chi connectivity index (χ2v) is 3.30. The van der Waals surface area contributed by atoms with Crippen LogP contribution in [0.4, 0.5) is 0 Å². The SMILES string of the molecule is CC(=O)COC(=O)C(C)Br. The molecule has 0 bridgehead atoms. The van der Waals surface area contributed by atoms with Gasteiger partial charge < -0.3 is 4.74 Å². The third kappa shape index (κ3) is 4.49. The van der Waals surface area contributed by atoms with E-state index in [-0.39, 0.29) is 17.2 Å². The van der Waals surface area contributed by atoms with E-state index in [1.165, 1.54) is 6.92 Å². The van der Waals surface area contributed by atoms with Crippen molar-refractivity contribution in [2.45, 2.75) is 18.7 Å². The number of ether oxygens (including phenoxy) is 1. The van der Waals surface area contributed by atoms with E-state index < -0.39 is 5.97 Å². The lowest BCUT2D eigenvalue weighted by atomic mass is 10.5. The molecule has 0 fully saturated rings. The summed E-state index contributed by atoms with van der Waals surface area (Å²) in [6, 6.07) is 0. The zero-order chi connectivity index (χ0) is 8.15. The molecule has 0 aromatic heterocycles. The van der Waals surface area contributed by atoms with Gasteiger partial charge >= 0.3 is 5.97 Å². The van der Waals surface area contributed by atoms with Gasteiger partial charge in [-0.25, -0.2) is 0 Å². The van der Waals surface area contributed by atoms with Gasteiger partial charge in [0.25, 0.3) is 0 Å². The minimum Gasteiger partial charge on any atom is -0.457 e. The molecule has 1 unspecified atom stereocenters. The normalized spacial score (nSPS) is 12.3. The Morgan fingerprint density at radius 3 is 2.40 bits per heavy atom. The lowest BCUT2D eigenvalue weighted by Gasteiger charge is -2.02. The van der Waals surface area contributed by atoms with Crippen molar-refractivity contribution < 1.29 is 14.3 Å². The van der Waals surface area contributed by atoms with Crippen LogP contribution in [0.5, 0.6) is 0 Å². The lowest BCUT2D eigenvalue weighted by Crippen LogP contribution is -2.17. The Labute approximate surface area is 67.9 Å². The molecular weight excluding hydrogens is 200 g/mol. The van der Waals surface area contributed by atoms with Crippen LogP contribution in [-0.4, -0.2) is 23.2 Å². The zero-order valence-corrected chi connectivity index (χ0v) is 7.47. The zero-order valence-electron chi connectivity index (χ0n) is 5.89. The summed E-state index contributed by atoms with van der Waals surface area (Å²) in [5, 5.41) is 0. The van der Waals surface area contributed by atoms with E-state index in [4.69, 9.17) is 0 Å². The maximum absolute atomic E-state index is 10.6. The molecule has 0 aliphatic carbocycles. The van der Waals surface area contributed by atoms with Crippen molar-refractivity contribution in [3.05, 3.63) is 0 Å². The largest absolute Gasteiger partial charge is 0.457 e. The first-order chi connectivity index (χ1) is 4.54. The van der Waals surface area contributed by atoms with E-state index in [0.717, 1.165) is 0 Å². The number of esters is 1. The van der Waals surface area contributed by atoms with Crippen LogP contribution in [0.3, 0.4) is 0 Å². The average molecular weight is 209 g/mol. The molecule has 0 aliphatic rings. The Hall–Kier alpha value is -0.380. The lowest BCUT2D eigenvalue weighted by molar-refractivity contribution is -0.146. The highest BCUT2D eigenvalue weighted by atomic mass is 79.9. The number of ketones is 1. The fourth-order valence-electron chi connectivity index (χ4n) is 0.288. The third-order valence-corrected chi connectivity index (χ3v) is 1.12. The summed E-state index contributed by atoms with van der Waals surface area (Å²) in [6.45, 7) is 2.88. The summed E-state index contributed by atoms with van der Waals surface area (Å²) >= 11 is 3.00. The molecule has 0 heterocycles. The Morgan fingerprint density at radius 1 is 1.60 bits per heavy atom. The summed E-state index contributed by atoms with van der Waals surface area (Å²) in [4.78, 5) is 20.6. The minimum atomic E-state index is -0.407. The predicted molar refractivity (Wildman–Crippen MR) is 40.0 cm³/mol. The van der Waals surface area contributed by atoms with Gasteiger partial charge in [0.05, 0.1) is 0 Å². The Bertz CT molecular complexity index is 142. The number of carbonyl (C=O) groups is 2. The quantitative estimate of drug-likeness (QED) is 0.512. The molecule has 0 aromatic carbocycles. The van der Waals surface area contributed by atoms with E-state index in [1.54, 1.807) is 6.92 Å². The molecule has 10 heavy (non-hydrogen) atoms. The minimum absolute atomic E-state index is 0.130. The van der Waals surface area contributed by atoms with Gasteiger partial charge in [-0.2, -0.15) is 0 Å². The smallest absolute Gasteiger partial charge is 0.319 e. The molecule has 0 saturated heterocycles. The molecule has 0 aliphatic heterocycles. The highest BCUT2D eigenvalue weighted by Crippen LogP contribution is 1.99. The molecule has 0 aromatic rings. The molecule has 4 heteroatoms. The number of hydrogen-bond acceptors (Lipinski definition) is 3. The Morgan fingerprint density at radius 2 is 2.10 bits per heavy atom. The summed E-state index contributed by atoms with van der Waals surface area (Å²) in [6.07, 6.45) is 0. The molecule has 0 spiro atoms. The van der Waals surface area contributed by atoms with Gasteiger partial charge in [-0.15, -0.1) is 0 Å². The van der Waals surface area contributed by atoms with E-state index >= 15 is 0 Å². The van der Waals surface area contributed by atoms with Crippen LogP contribution in [-0.2, 0) is 14.3 Å². The van der Waals surface area contributed by atoms with Crippen LogP contribution in [0.1, 0.15) is 13.8 Å². The second kappa shape index (κ2) is 4.44. The van der Waals surface area contributed by atoms with E-state index in [9.17, 15) is 9.59 Å². The maximum atomic E-state index is 10.6.